The fraction of sp³-hybridized carbons (Fsp3) is 0.600. The standard InChI is InChI=1S/C15H24O6/c1-6-14(16)20-12(4)9-18-8-11(3)19-10-13(5)21-15(17)7-2/h6-7,11-13H,1-2,8-10H2,3-5H3/t11-,12-,13+/m1/s1. The van der Waals surface area contributed by atoms with Crippen LogP contribution in [0.2, 0.25) is 0 Å². The number of esters is 2. The highest BCUT2D eigenvalue weighted by atomic mass is 16.6. The van der Waals surface area contributed by atoms with Gasteiger partial charge in [0.2, 0.25) is 0 Å². The van der Waals surface area contributed by atoms with E-state index in [1.54, 1.807) is 13.8 Å². The van der Waals surface area contributed by atoms with Crippen molar-refractivity contribution in [3.05, 3.63) is 25.3 Å². The van der Waals surface area contributed by atoms with Gasteiger partial charge >= 0.3 is 11.9 Å². The lowest BCUT2D eigenvalue weighted by atomic mass is 10.4. The Balaban J connectivity index is 3.73. The maximum atomic E-state index is 11.0. The summed E-state index contributed by atoms with van der Waals surface area (Å²) in [5, 5.41) is 0. The number of rotatable bonds is 11. The van der Waals surface area contributed by atoms with Crippen LogP contribution in [0, 0.1) is 0 Å². The minimum Gasteiger partial charge on any atom is -0.457 e. The van der Waals surface area contributed by atoms with Crippen molar-refractivity contribution in [2.24, 2.45) is 0 Å². The Morgan fingerprint density at radius 3 is 1.76 bits per heavy atom. The van der Waals surface area contributed by atoms with Gasteiger partial charge in [0.25, 0.3) is 0 Å². The van der Waals surface area contributed by atoms with Crippen LogP contribution >= 0.6 is 0 Å². The number of carbonyl (C=O) groups is 2. The molecule has 0 saturated heterocycles. The second-order valence-electron chi connectivity index (χ2n) is 4.58. The first kappa shape index (κ1) is 19.3. The van der Waals surface area contributed by atoms with Crippen molar-refractivity contribution in [3.8, 4) is 0 Å². The summed E-state index contributed by atoms with van der Waals surface area (Å²) >= 11 is 0. The Morgan fingerprint density at radius 1 is 0.857 bits per heavy atom. The second-order valence-corrected chi connectivity index (χ2v) is 4.58. The van der Waals surface area contributed by atoms with E-state index in [2.05, 4.69) is 13.2 Å². The molecule has 0 bridgehead atoms. The van der Waals surface area contributed by atoms with Gasteiger partial charge in [-0.3, -0.25) is 0 Å². The van der Waals surface area contributed by atoms with Crippen LogP contribution in [0.15, 0.2) is 25.3 Å². The van der Waals surface area contributed by atoms with Crippen LogP contribution in [0.4, 0.5) is 0 Å². The van der Waals surface area contributed by atoms with Gasteiger partial charge < -0.3 is 18.9 Å². The third-order valence-electron chi connectivity index (χ3n) is 2.29. The molecule has 0 spiro atoms. The summed E-state index contributed by atoms with van der Waals surface area (Å²) < 4.78 is 20.8. The molecule has 0 aliphatic rings. The van der Waals surface area contributed by atoms with Crippen LogP contribution < -0.4 is 0 Å². The molecule has 120 valence electrons. The maximum absolute atomic E-state index is 11.0. The molecule has 0 aliphatic heterocycles. The third-order valence-corrected chi connectivity index (χ3v) is 2.29. The van der Waals surface area contributed by atoms with Crippen LogP contribution in [0.3, 0.4) is 0 Å². The Hall–Kier alpha value is -1.66. The average molecular weight is 300 g/mol. The maximum Gasteiger partial charge on any atom is 0.330 e. The normalized spacial score (nSPS) is 14.6. The van der Waals surface area contributed by atoms with Gasteiger partial charge in [-0.15, -0.1) is 0 Å². The van der Waals surface area contributed by atoms with E-state index < -0.39 is 11.9 Å². The molecule has 0 amide bonds. The molecule has 0 saturated carbocycles. The molecule has 3 atom stereocenters. The van der Waals surface area contributed by atoms with E-state index in [4.69, 9.17) is 18.9 Å². The van der Waals surface area contributed by atoms with Gasteiger partial charge in [0.1, 0.15) is 12.2 Å². The molecular weight excluding hydrogens is 276 g/mol. The minimum absolute atomic E-state index is 0.169. The molecule has 0 aromatic heterocycles. The van der Waals surface area contributed by atoms with E-state index in [1.807, 2.05) is 6.92 Å². The summed E-state index contributed by atoms with van der Waals surface area (Å²) in [6, 6.07) is 0. The molecule has 0 N–H and O–H groups in total. The molecule has 6 nitrogen and oxygen atoms in total. The molecule has 0 fully saturated rings. The quantitative estimate of drug-likeness (QED) is 0.427. The van der Waals surface area contributed by atoms with Crippen LogP contribution in [0.5, 0.6) is 0 Å². The monoisotopic (exact) mass is 300 g/mol. The summed E-state index contributed by atoms with van der Waals surface area (Å²) in [7, 11) is 0. The SMILES string of the molecule is C=CC(=O)O[C@H](C)COC[C@@H](C)OC[C@H](C)OC(=O)C=C. The topological polar surface area (TPSA) is 71.1 Å². The van der Waals surface area contributed by atoms with Crippen molar-refractivity contribution in [1.29, 1.82) is 0 Å². The highest BCUT2D eigenvalue weighted by Crippen LogP contribution is 2.00. The van der Waals surface area contributed by atoms with Crippen LogP contribution in [0.25, 0.3) is 0 Å². The Bertz CT molecular complexity index is 352. The fourth-order valence-corrected chi connectivity index (χ4v) is 1.31. The molecule has 0 aliphatic carbocycles. The van der Waals surface area contributed by atoms with Gasteiger partial charge in [-0.2, -0.15) is 0 Å². The van der Waals surface area contributed by atoms with E-state index in [0.29, 0.717) is 6.61 Å². The summed E-state index contributed by atoms with van der Waals surface area (Å²) in [5.74, 6) is -0.957. The van der Waals surface area contributed by atoms with E-state index in [-0.39, 0.29) is 31.5 Å². The van der Waals surface area contributed by atoms with Gasteiger partial charge in [0, 0.05) is 12.2 Å². The lowest BCUT2D eigenvalue weighted by Crippen LogP contribution is -2.26. The molecule has 0 heterocycles. The Morgan fingerprint density at radius 2 is 1.29 bits per heavy atom. The first-order valence-electron chi connectivity index (χ1n) is 6.74. The van der Waals surface area contributed by atoms with Crippen molar-refractivity contribution >= 4 is 11.9 Å². The summed E-state index contributed by atoms with van der Waals surface area (Å²) in [5.41, 5.74) is 0. The Kier molecular flexibility index (Phi) is 10.2. The molecule has 21 heavy (non-hydrogen) atoms. The van der Waals surface area contributed by atoms with Crippen molar-refractivity contribution in [2.45, 2.75) is 39.1 Å². The lowest BCUT2D eigenvalue weighted by Gasteiger charge is -2.18. The van der Waals surface area contributed by atoms with Crippen LogP contribution in [-0.2, 0) is 28.5 Å². The van der Waals surface area contributed by atoms with Crippen molar-refractivity contribution in [1.82, 2.24) is 0 Å². The predicted molar refractivity (Wildman–Crippen MR) is 77.7 cm³/mol. The minimum atomic E-state index is -0.479. The zero-order valence-electron chi connectivity index (χ0n) is 12.9. The molecule has 6 heteroatoms. The zero-order chi connectivity index (χ0) is 16.3. The van der Waals surface area contributed by atoms with Crippen LogP contribution in [0.1, 0.15) is 20.8 Å². The highest BCUT2D eigenvalue weighted by Gasteiger charge is 2.11. The average Bonchev–Trinajstić information content (AvgIpc) is 2.44. The Labute approximate surface area is 125 Å². The van der Waals surface area contributed by atoms with Crippen molar-refractivity contribution in [2.75, 3.05) is 19.8 Å². The van der Waals surface area contributed by atoms with Crippen molar-refractivity contribution < 1.29 is 28.5 Å². The smallest absolute Gasteiger partial charge is 0.330 e. The summed E-state index contributed by atoms with van der Waals surface area (Å²) in [6.45, 7) is 12.8. The van der Waals surface area contributed by atoms with Crippen LogP contribution in [-0.4, -0.2) is 50.1 Å². The molecule has 0 aromatic rings. The zero-order valence-corrected chi connectivity index (χ0v) is 12.9. The molecule has 0 radical (unpaired) electrons. The second kappa shape index (κ2) is 11.0. The van der Waals surface area contributed by atoms with E-state index >= 15 is 0 Å². The first-order chi connectivity index (χ1) is 9.88. The van der Waals surface area contributed by atoms with E-state index in [0.717, 1.165) is 12.2 Å². The summed E-state index contributed by atoms with van der Waals surface area (Å²) in [6.07, 6.45) is 1.33. The molecule has 0 aromatic carbocycles. The molecular formula is C15H24O6. The molecule has 0 unspecified atom stereocenters. The highest BCUT2D eigenvalue weighted by molar-refractivity contribution is 5.81. The number of hydrogen-bond donors (Lipinski definition) is 0. The van der Waals surface area contributed by atoms with E-state index in [1.165, 1.54) is 0 Å². The van der Waals surface area contributed by atoms with Gasteiger partial charge in [-0.1, -0.05) is 13.2 Å². The summed E-state index contributed by atoms with van der Waals surface area (Å²) in [4.78, 5) is 21.9. The first-order valence-corrected chi connectivity index (χ1v) is 6.74. The lowest BCUT2D eigenvalue weighted by molar-refractivity contribution is -0.149. The predicted octanol–water partition coefficient (Wildman–Crippen LogP) is 1.64. The van der Waals surface area contributed by atoms with Gasteiger partial charge in [-0.25, -0.2) is 9.59 Å². The van der Waals surface area contributed by atoms with Gasteiger partial charge in [-0.05, 0) is 20.8 Å². The van der Waals surface area contributed by atoms with E-state index in [9.17, 15) is 9.59 Å². The van der Waals surface area contributed by atoms with Gasteiger partial charge in [0.15, 0.2) is 0 Å². The number of ether oxygens (including phenoxy) is 4. The number of carbonyl (C=O) groups excluding carboxylic acids is 2. The number of hydrogen-bond acceptors (Lipinski definition) is 6. The van der Waals surface area contributed by atoms with Crippen molar-refractivity contribution in [3.63, 3.8) is 0 Å². The fourth-order valence-electron chi connectivity index (χ4n) is 1.31. The third kappa shape index (κ3) is 10.8. The largest absolute Gasteiger partial charge is 0.457 e. The molecule has 0 rings (SSSR count). The van der Waals surface area contributed by atoms with Gasteiger partial charge in [0.05, 0.1) is 25.9 Å².